The summed E-state index contributed by atoms with van der Waals surface area (Å²) in [6.07, 6.45) is 4.32. The lowest BCUT2D eigenvalue weighted by Gasteiger charge is -2.39. The highest BCUT2D eigenvalue weighted by Crippen LogP contribution is 2.48. The van der Waals surface area contributed by atoms with Gasteiger partial charge in [0.2, 0.25) is 0 Å². The topological polar surface area (TPSA) is 117 Å². The Morgan fingerprint density at radius 1 is 0.917 bits per heavy atom. The molecule has 0 aromatic heterocycles. The fourth-order valence-electron chi connectivity index (χ4n) is 6.69. The van der Waals surface area contributed by atoms with Crippen molar-refractivity contribution in [3.63, 3.8) is 0 Å². The Hall–Kier alpha value is -3.50. The number of nitrogens with zero attached hydrogens (tertiary/aromatic N) is 1. The first-order chi connectivity index (χ1) is 23.1. The summed E-state index contributed by atoms with van der Waals surface area (Å²) in [5, 5.41) is 25.3. The summed E-state index contributed by atoms with van der Waals surface area (Å²) in [6.45, 7) is 3.47. The van der Waals surface area contributed by atoms with E-state index < -0.39 is 12.0 Å². The Morgan fingerprint density at radius 3 is 2.15 bits per heavy atom. The van der Waals surface area contributed by atoms with Crippen molar-refractivity contribution in [1.82, 2.24) is 5.32 Å². The van der Waals surface area contributed by atoms with E-state index in [-0.39, 0.29) is 48.0 Å². The number of phenols is 1. The van der Waals surface area contributed by atoms with Crippen molar-refractivity contribution in [3.8, 4) is 17.2 Å². The Labute approximate surface area is 292 Å². The van der Waals surface area contributed by atoms with Crippen molar-refractivity contribution in [1.29, 1.82) is 0 Å². The van der Waals surface area contributed by atoms with Gasteiger partial charge in [-0.05, 0) is 85.3 Å². The van der Waals surface area contributed by atoms with Gasteiger partial charge in [0.1, 0.15) is 37.4 Å². The minimum atomic E-state index is -1.41. The van der Waals surface area contributed by atoms with Crippen molar-refractivity contribution in [2.75, 3.05) is 33.5 Å². The number of amides is 2. The predicted molar refractivity (Wildman–Crippen MR) is 183 cm³/mol. The molecule has 3 aromatic rings. The molecule has 0 radical (unpaired) electrons. The van der Waals surface area contributed by atoms with Gasteiger partial charge in [-0.25, -0.2) is 4.79 Å². The van der Waals surface area contributed by atoms with Gasteiger partial charge in [-0.15, -0.1) is 0 Å². The zero-order valence-electron chi connectivity index (χ0n) is 27.5. The van der Waals surface area contributed by atoms with E-state index in [2.05, 4.69) is 11.4 Å². The number of benzene rings is 3. The molecular formula is C37H44Cl2N2O7. The van der Waals surface area contributed by atoms with Crippen LogP contribution in [0.1, 0.15) is 54.4 Å². The highest BCUT2D eigenvalue weighted by Gasteiger charge is 2.60. The summed E-state index contributed by atoms with van der Waals surface area (Å²) in [6, 6.07) is 17.0. The van der Waals surface area contributed by atoms with Gasteiger partial charge in [-0.2, -0.15) is 0 Å². The van der Waals surface area contributed by atoms with Crippen LogP contribution in [-0.2, 0) is 28.9 Å². The number of hydrogen-bond donors (Lipinski definition) is 2. The largest absolute Gasteiger partial charge is 0.530 e. The molecule has 2 aliphatic rings. The molecule has 0 heterocycles. The molecule has 2 N–H and O–H groups in total. The molecule has 48 heavy (non-hydrogen) atoms. The maximum Gasteiger partial charge on any atom is 0.319 e. The molecule has 2 fully saturated rings. The molecule has 2 aliphatic carbocycles. The second-order valence-corrected chi connectivity index (χ2v) is 13.8. The Balaban J connectivity index is 1.28. The van der Waals surface area contributed by atoms with E-state index in [1.165, 1.54) is 0 Å². The van der Waals surface area contributed by atoms with E-state index in [1.54, 1.807) is 31.4 Å². The molecular weight excluding hydrogens is 655 g/mol. The number of hydrogen-bond acceptors (Lipinski definition) is 7. The molecule has 1 atom stereocenters. The number of rotatable bonds is 18. The minimum Gasteiger partial charge on any atom is -0.530 e. The molecule has 0 bridgehead atoms. The molecule has 11 heteroatoms. The standard InChI is InChI=1S/C37H44Cl2N2O7/c1-24-16-33(38)35(34(39)17-24)48-15-14-47-32-11-5-25(6-12-32)19-28(22-40-37(44)45)36(43)41(29-7-8-29,30-9-10-30)23-27-18-26(4-3-13-46-2)20-31(42)21-27/h5-6,11-12,16-18,20-21,28-30,40H,3-4,7-10,13-15,19,22-23H2,1-2H3,(H-,42,44,45). The van der Waals surface area contributed by atoms with Gasteiger partial charge in [-0.3, -0.25) is 4.48 Å². The lowest BCUT2D eigenvalue weighted by molar-refractivity contribution is -0.890. The van der Waals surface area contributed by atoms with E-state index in [1.807, 2.05) is 31.2 Å². The van der Waals surface area contributed by atoms with Crippen LogP contribution in [0.5, 0.6) is 17.2 Å². The van der Waals surface area contributed by atoms with Crippen molar-refractivity contribution >= 4 is 35.2 Å². The summed E-state index contributed by atoms with van der Waals surface area (Å²) in [7, 11) is 1.67. The Bertz CT molecular complexity index is 1540. The number of carbonyl (C=O) groups is 2. The summed E-state index contributed by atoms with van der Waals surface area (Å²) < 4.78 is 17.1. The number of methoxy groups -OCH3 is 1. The minimum absolute atomic E-state index is 0.0314. The smallest absolute Gasteiger partial charge is 0.319 e. The van der Waals surface area contributed by atoms with Gasteiger partial charge >= 0.3 is 5.91 Å². The average molecular weight is 700 g/mol. The SMILES string of the molecule is COCCCc1cc(O)cc(C[N+](C(=O)C(CNC(=O)[O-])Cc2ccc(OCCOc3c(Cl)cc(C)cc3Cl)cc2)(C2CC2)C2CC2)c1. The molecule has 1 unspecified atom stereocenters. The number of carbonyl (C=O) groups excluding carboxylic acids is 2. The lowest BCUT2D eigenvalue weighted by atomic mass is 9.95. The molecule has 258 valence electrons. The number of ether oxygens (including phenoxy) is 3. The molecule has 9 nitrogen and oxygen atoms in total. The Morgan fingerprint density at radius 2 is 1.54 bits per heavy atom. The second kappa shape index (κ2) is 16.3. The molecule has 5 rings (SSSR count). The average Bonchev–Trinajstić information content (AvgIpc) is 3.96. The maximum atomic E-state index is 14.7. The van der Waals surface area contributed by atoms with Crippen LogP contribution in [0.2, 0.25) is 10.0 Å². The third-order valence-electron chi connectivity index (χ3n) is 9.09. The van der Waals surface area contributed by atoms with Gasteiger partial charge in [0, 0.05) is 51.5 Å². The van der Waals surface area contributed by atoms with Crippen molar-refractivity contribution in [2.24, 2.45) is 5.92 Å². The second-order valence-electron chi connectivity index (χ2n) is 13.0. The van der Waals surface area contributed by atoms with Gasteiger partial charge in [0.05, 0.1) is 28.0 Å². The summed E-state index contributed by atoms with van der Waals surface area (Å²) in [5.74, 6) is 0.659. The molecule has 3 aromatic carbocycles. The molecule has 2 amide bonds. The van der Waals surface area contributed by atoms with Crippen LogP contribution < -0.4 is 19.9 Å². The predicted octanol–water partition coefficient (Wildman–Crippen LogP) is 6.00. The van der Waals surface area contributed by atoms with E-state index >= 15 is 0 Å². The van der Waals surface area contributed by atoms with Crippen LogP contribution >= 0.6 is 23.2 Å². The van der Waals surface area contributed by atoms with E-state index in [0.717, 1.165) is 60.8 Å². The highest BCUT2D eigenvalue weighted by atomic mass is 35.5. The molecule has 0 saturated heterocycles. The number of aryl methyl sites for hydroxylation is 2. The van der Waals surface area contributed by atoms with Crippen LogP contribution in [-0.4, -0.2) is 67.1 Å². The number of carboxylic acid groups (broad SMARTS) is 1. The lowest BCUT2D eigenvalue weighted by Crippen LogP contribution is -2.59. The number of quaternary nitrogens is 1. The number of nitrogens with one attached hydrogen (secondary N) is 1. The van der Waals surface area contributed by atoms with Crippen molar-refractivity contribution < 1.29 is 38.5 Å². The first kappa shape index (κ1) is 35.8. The fourth-order valence-corrected chi connectivity index (χ4v) is 7.40. The van der Waals surface area contributed by atoms with Crippen molar-refractivity contribution in [3.05, 3.63) is 86.9 Å². The van der Waals surface area contributed by atoms with Crippen LogP contribution in [0.3, 0.4) is 0 Å². The molecule has 0 spiro atoms. The van der Waals surface area contributed by atoms with Crippen LogP contribution in [0.25, 0.3) is 0 Å². The first-order valence-corrected chi connectivity index (χ1v) is 17.3. The zero-order chi connectivity index (χ0) is 34.3. The van der Waals surface area contributed by atoms with Gasteiger partial charge in [0.25, 0.3) is 0 Å². The summed E-state index contributed by atoms with van der Waals surface area (Å²) in [5.41, 5.74) is 3.75. The van der Waals surface area contributed by atoms with Crippen LogP contribution in [0.4, 0.5) is 4.79 Å². The number of phenolic OH excluding ortho intramolecular Hbond substituents is 1. The van der Waals surface area contributed by atoms with Crippen LogP contribution in [0, 0.1) is 12.8 Å². The summed E-state index contributed by atoms with van der Waals surface area (Å²) >= 11 is 12.5. The van der Waals surface area contributed by atoms with Crippen molar-refractivity contribution in [2.45, 2.75) is 70.5 Å². The maximum absolute atomic E-state index is 14.7. The van der Waals surface area contributed by atoms with E-state index in [0.29, 0.717) is 41.1 Å². The third kappa shape index (κ3) is 9.35. The summed E-state index contributed by atoms with van der Waals surface area (Å²) in [4.78, 5) is 26.2. The van der Waals surface area contributed by atoms with Gasteiger partial charge < -0.3 is 34.5 Å². The van der Waals surface area contributed by atoms with E-state index in [4.69, 9.17) is 37.4 Å². The third-order valence-corrected chi connectivity index (χ3v) is 9.65. The zero-order valence-corrected chi connectivity index (χ0v) is 29.0. The number of halogens is 2. The van der Waals surface area contributed by atoms with Gasteiger partial charge in [0.15, 0.2) is 5.75 Å². The quantitative estimate of drug-likeness (QED) is 0.124. The van der Waals surface area contributed by atoms with Crippen LogP contribution in [0.15, 0.2) is 54.6 Å². The van der Waals surface area contributed by atoms with Gasteiger partial charge in [-0.1, -0.05) is 35.3 Å². The number of aromatic hydroxyl groups is 1. The Kier molecular flexibility index (Phi) is 12.1. The first-order valence-electron chi connectivity index (χ1n) is 16.6. The monoisotopic (exact) mass is 698 g/mol. The van der Waals surface area contributed by atoms with E-state index in [9.17, 15) is 19.8 Å². The normalized spacial score (nSPS) is 15.2. The highest BCUT2D eigenvalue weighted by molar-refractivity contribution is 6.37. The molecule has 2 saturated carbocycles. The fraction of sp³-hybridized carbons (Fsp3) is 0.459. The molecule has 0 aliphatic heterocycles.